The number of hydrogen-bond acceptors (Lipinski definition) is 6. The smallest absolute Gasteiger partial charge is 0.496 e. The minimum absolute atomic E-state index is 0.0926. The number of amides is 2. The zero-order chi connectivity index (χ0) is 30.1. The van der Waals surface area contributed by atoms with Crippen LogP contribution in [-0.2, 0) is 22.6 Å². The minimum Gasteiger partial charge on any atom is -0.496 e. The van der Waals surface area contributed by atoms with Crippen molar-refractivity contribution in [2.24, 2.45) is 5.92 Å². The molecule has 0 spiro atoms. The number of imide groups is 1. The first kappa shape index (κ1) is 31.1. The lowest BCUT2D eigenvalue weighted by Gasteiger charge is -2.34. The molecule has 1 unspecified atom stereocenters. The molecule has 1 aliphatic carbocycles. The van der Waals surface area contributed by atoms with Crippen LogP contribution in [0.3, 0.4) is 0 Å². The van der Waals surface area contributed by atoms with Gasteiger partial charge in [0.25, 0.3) is 0 Å². The Morgan fingerprint density at radius 1 is 1.07 bits per heavy atom. The number of rotatable bonds is 10. The molecule has 1 saturated carbocycles. The molecule has 9 nitrogen and oxygen atoms in total. The van der Waals surface area contributed by atoms with Gasteiger partial charge in [-0.25, -0.2) is 4.79 Å². The Balaban J connectivity index is 0.000000952. The molecule has 1 saturated heterocycles. The molecule has 0 aromatic heterocycles. The van der Waals surface area contributed by atoms with Crippen LogP contribution < -0.4 is 9.47 Å². The van der Waals surface area contributed by atoms with Gasteiger partial charge in [0.2, 0.25) is 11.8 Å². The summed E-state index contributed by atoms with van der Waals surface area (Å²) in [5.74, 6) is 2.39. The maximum Gasteiger partial charge on any atom is 0.503 e. The molecular weight excluding hydrogens is 536 g/mol. The summed E-state index contributed by atoms with van der Waals surface area (Å²) in [5, 5.41) is 13.9. The van der Waals surface area contributed by atoms with Crippen LogP contribution in [-0.4, -0.2) is 64.8 Å². The van der Waals surface area contributed by atoms with Gasteiger partial charge in [-0.15, -0.1) is 0 Å². The molecule has 0 radical (unpaired) electrons. The number of likely N-dealkylation sites (tertiary alicyclic amines) is 1. The highest BCUT2D eigenvalue weighted by Gasteiger charge is 2.27. The van der Waals surface area contributed by atoms with Crippen LogP contribution >= 0.6 is 0 Å². The summed E-state index contributed by atoms with van der Waals surface area (Å²) in [5.41, 5.74) is 4.83. The Hall–Kier alpha value is -3.85. The highest BCUT2D eigenvalue weighted by molar-refractivity contribution is 6.02. The molecule has 0 bridgehead atoms. The molecule has 2 amide bonds. The molecule has 2 N–H and O–H groups in total. The molecule has 5 rings (SSSR count). The van der Waals surface area contributed by atoms with Crippen LogP contribution in [0, 0.1) is 5.92 Å². The molecule has 42 heavy (non-hydrogen) atoms. The second-order valence-corrected chi connectivity index (χ2v) is 11.2. The Morgan fingerprint density at radius 3 is 2.48 bits per heavy atom. The van der Waals surface area contributed by atoms with Gasteiger partial charge in [-0.1, -0.05) is 55.7 Å². The first-order valence-corrected chi connectivity index (χ1v) is 14.8. The third kappa shape index (κ3) is 8.35. The number of carbonyl (C=O) groups excluding carboxylic acids is 2. The van der Waals surface area contributed by atoms with Crippen molar-refractivity contribution in [1.29, 1.82) is 0 Å². The second kappa shape index (κ2) is 14.9. The van der Waals surface area contributed by atoms with Gasteiger partial charge in [-0.2, -0.15) is 0 Å². The molecule has 2 heterocycles. The molecule has 3 aliphatic rings. The summed E-state index contributed by atoms with van der Waals surface area (Å²) in [6.07, 6.45) is 10.3. The van der Waals surface area contributed by atoms with E-state index in [4.69, 9.17) is 24.5 Å². The normalized spacial score (nSPS) is 17.6. The topological polar surface area (TPSA) is 117 Å². The number of fused-ring (bicyclic) bond motifs is 1. The van der Waals surface area contributed by atoms with Gasteiger partial charge in [0.15, 0.2) is 0 Å². The lowest BCUT2D eigenvalue weighted by atomic mass is 9.88. The Morgan fingerprint density at radius 2 is 1.79 bits per heavy atom. The maximum atomic E-state index is 11.9. The lowest BCUT2D eigenvalue weighted by molar-refractivity contribution is -0.137. The summed E-state index contributed by atoms with van der Waals surface area (Å²) >= 11 is 0. The van der Waals surface area contributed by atoms with E-state index < -0.39 is 6.16 Å². The molecule has 9 heteroatoms. The molecular formula is C33H42N2O7. The van der Waals surface area contributed by atoms with E-state index in [1.165, 1.54) is 53.7 Å². The molecule has 1 atom stereocenters. The maximum absolute atomic E-state index is 11.9. The van der Waals surface area contributed by atoms with Crippen molar-refractivity contribution < 1.29 is 34.1 Å². The number of carboxylic acid groups (broad SMARTS) is 2. The van der Waals surface area contributed by atoms with E-state index in [2.05, 4.69) is 48.2 Å². The molecule has 226 valence electrons. The summed E-state index contributed by atoms with van der Waals surface area (Å²) in [4.78, 5) is 36.3. The van der Waals surface area contributed by atoms with Gasteiger partial charge < -0.3 is 19.7 Å². The zero-order valence-corrected chi connectivity index (χ0v) is 24.6. The van der Waals surface area contributed by atoms with E-state index >= 15 is 0 Å². The summed E-state index contributed by atoms with van der Waals surface area (Å²) < 4.78 is 11.5. The van der Waals surface area contributed by atoms with E-state index in [-0.39, 0.29) is 11.8 Å². The highest BCUT2D eigenvalue weighted by Crippen LogP contribution is 2.34. The van der Waals surface area contributed by atoms with Crippen LogP contribution in [0.25, 0.3) is 6.08 Å². The van der Waals surface area contributed by atoms with Crippen molar-refractivity contribution in [2.45, 2.75) is 70.9 Å². The van der Waals surface area contributed by atoms with E-state index in [0.29, 0.717) is 25.4 Å². The van der Waals surface area contributed by atoms with Gasteiger partial charge in [0.05, 0.1) is 13.7 Å². The fourth-order valence-corrected chi connectivity index (χ4v) is 6.08. The fraction of sp³-hybridized carbons (Fsp3) is 0.485. The Kier molecular flexibility index (Phi) is 11.0. The molecule has 2 fully saturated rings. The SMILES string of the molecule is COc1cc(CN(CC2CCCCC2)C(C)c2ccc3c(c2)CCO3)ccc1/C=C/CN1C(=O)CCC1=O.O=C(O)O. The summed E-state index contributed by atoms with van der Waals surface area (Å²) in [7, 11) is 1.69. The number of nitrogens with zero attached hydrogens (tertiary/aromatic N) is 2. The number of ether oxygens (including phenoxy) is 2. The van der Waals surface area contributed by atoms with E-state index in [9.17, 15) is 9.59 Å². The fourth-order valence-electron chi connectivity index (χ4n) is 6.08. The Labute approximate surface area is 247 Å². The third-order valence-electron chi connectivity index (χ3n) is 8.38. The quantitative estimate of drug-likeness (QED) is 0.322. The average molecular weight is 579 g/mol. The first-order valence-electron chi connectivity index (χ1n) is 14.8. The van der Waals surface area contributed by atoms with Crippen LogP contribution in [0.2, 0.25) is 0 Å². The van der Waals surface area contributed by atoms with Crippen molar-refractivity contribution in [2.75, 3.05) is 26.8 Å². The monoisotopic (exact) mass is 578 g/mol. The Bertz CT molecular complexity index is 1270. The van der Waals surface area contributed by atoms with Gasteiger partial charge >= 0.3 is 6.16 Å². The van der Waals surface area contributed by atoms with Crippen molar-refractivity contribution >= 4 is 24.0 Å². The van der Waals surface area contributed by atoms with E-state index in [1.54, 1.807) is 7.11 Å². The summed E-state index contributed by atoms with van der Waals surface area (Å²) in [6.45, 7) is 5.36. The van der Waals surface area contributed by atoms with Crippen molar-refractivity contribution in [3.8, 4) is 11.5 Å². The lowest BCUT2D eigenvalue weighted by Crippen LogP contribution is -2.32. The van der Waals surface area contributed by atoms with Crippen LogP contribution in [0.1, 0.15) is 80.2 Å². The van der Waals surface area contributed by atoms with Crippen LogP contribution in [0.4, 0.5) is 4.79 Å². The summed E-state index contributed by atoms with van der Waals surface area (Å²) in [6, 6.07) is 13.4. The number of benzene rings is 2. The van der Waals surface area contributed by atoms with Gasteiger partial charge in [-0.3, -0.25) is 19.4 Å². The second-order valence-electron chi connectivity index (χ2n) is 11.2. The van der Waals surface area contributed by atoms with Gasteiger partial charge in [-0.05, 0) is 54.5 Å². The van der Waals surface area contributed by atoms with Crippen LogP contribution in [0.15, 0.2) is 42.5 Å². The zero-order valence-electron chi connectivity index (χ0n) is 24.6. The first-order chi connectivity index (χ1) is 20.2. The highest BCUT2D eigenvalue weighted by atomic mass is 16.6. The van der Waals surface area contributed by atoms with Crippen molar-refractivity contribution in [3.63, 3.8) is 0 Å². The molecule has 2 aliphatic heterocycles. The number of hydrogen-bond donors (Lipinski definition) is 2. The van der Waals surface area contributed by atoms with Gasteiger partial charge in [0, 0.05) is 50.5 Å². The predicted octanol–water partition coefficient (Wildman–Crippen LogP) is 6.16. The largest absolute Gasteiger partial charge is 0.503 e. The van der Waals surface area contributed by atoms with Crippen molar-refractivity contribution in [3.05, 3.63) is 64.7 Å². The molecule has 2 aromatic carbocycles. The standard InChI is InChI=1S/C32H40N2O4.CH2O3/c1-23(27-12-13-29-28(20-27)16-18-38-29)33(21-24-7-4-3-5-8-24)22-25-10-11-26(30(19-25)37-2)9-6-17-34-31(35)14-15-32(34)36;2-1(3)4/h6,9-13,19-20,23-24H,3-5,7-8,14-18,21-22H2,1-2H3;(H2,2,3,4)/b9-6+;. The van der Waals surface area contributed by atoms with E-state index in [0.717, 1.165) is 49.1 Å². The number of methoxy groups -OCH3 is 1. The van der Waals surface area contributed by atoms with E-state index in [1.807, 2.05) is 12.2 Å². The van der Waals surface area contributed by atoms with Gasteiger partial charge in [0.1, 0.15) is 11.5 Å². The van der Waals surface area contributed by atoms with Crippen LogP contribution in [0.5, 0.6) is 11.5 Å². The number of carbonyl (C=O) groups is 3. The average Bonchev–Trinajstić information content (AvgIpc) is 3.58. The predicted molar refractivity (Wildman–Crippen MR) is 160 cm³/mol. The third-order valence-corrected chi connectivity index (χ3v) is 8.38. The van der Waals surface area contributed by atoms with Crippen molar-refractivity contribution in [1.82, 2.24) is 9.80 Å². The molecule has 2 aromatic rings. The minimum atomic E-state index is -1.83.